The van der Waals surface area contributed by atoms with E-state index in [1.807, 2.05) is 19.1 Å². The van der Waals surface area contributed by atoms with Gasteiger partial charge < -0.3 is 14.9 Å². The van der Waals surface area contributed by atoms with Gasteiger partial charge in [-0.3, -0.25) is 4.79 Å². The van der Waals surface area contributed by atoms with E-state index >= 15 is 0 Å². The highest BCUT2D eigenvalue weighted by atomic mass is 16.5. The lowest BCUT2D eigenvalue weighted by Crippen LogP contribution is -2.31. The zero-order valence-corrected chi connectivity index (χ0v) is 17.0. The molecule has 2 aromatic carbocycles. The van der Waals surface area contributed by atoms with Gasteiger partial charge in [-0.15, -0.1) is 0 Å². The van der Waals surface area contributed by atoms with E-state index < -0.39 is 5.60 Å². The molecule has 0 bridgehead atoms. The Balaban J connectivity index is 1.77. The topological polar surface area (TPSA) is 66.8 Å². The van der Waals surface area contributed by atoms with Crippen LogP contribution in [0.2, 0.25) is 0 Å². The van der Waals surface area contributed by atoms with E-state index in [-0.39, 0.29) is 22.8 Å². The van der Waals surface area contributed by atoms with Crippen molar-refractivity contribution in [3.05, 3.63) is 76.9 Å². The molecule has 4 nitrogen and oxygen atoms in total. The number of fused-ring (bicyclic) bond motifs is 1. The number of carbonyl (C=O) groups is 1. The van der Waals surface area contributed by atoms with Gasteiger partial charge >= 0.3 is 0 Å². The predicted octanol–water partition coefficient (Wildman–Crippen LogP) is 5.90. The van der Waals surface area contributed by atoms with Crippen LogP contribution in [-0.2, 0) is 0 Å². The summed E-state index contributed by atoms with van der Waals surface area (Å²) in [6, 6.07) is 9.69. The molecule has 150 valence electrons. The molecule has 0 fully saturated rings. The van der Waals surface area contributed by atoms with Crippen molar-refractivity contribution in [1.29, 1.82) is 0 Å². The number of hydrogen-bond donors (Lipinski definition) is 2. The Morgan fingerprint density at radius 3 is 2.55 bits per heavy atom. The molecule has 4 heteroatoms. The third-order valence-corrected chi connectivity index (χ3v) is 4.87. The number of aromatic hydroxyl groups is 2. The van der Waals surface area contributed by atoms with Gasteiger partial charge in [-0.05, 0) is 69.5 Å². The van der Waals surface area contributed by atoms with E-state index in [0.717, 1.165) is 24.0 Å². The van der Waals surface area contributed by atoms with Crippen LogP contribution >= 0.6 is 0 Å². The lowest BCUT2D eigenvalue weighted by molar-refractivity contribution is 0.104. The summed E-state index contributed by atoms with van der Waals surface area (Å²) in [4.78, 5) is 12.6. The van der Waals surface area contributed by atoms with Gasteiger partial charge in [0.25, 0.3) is 0 Å². The summed E-state index contributed by atoms with van der Waals surface area (Å²) >= 11 is 0. The molecule has 1 atom stereocenters. The number of allylic oxidation sites excluding steroid dienone is 3. The molecule has 2 N–H and O–H groups in total. The molecule has 1 heterocycles. The molecule has 0 aromatic heterocycles. The van der Waals surface area contributed by atoms with Gasteiger partial charge in [0.05, 0.1) is 5.56 Å². The van der Waals surface area contributed by atoms with Crippen LogP contribution in [0.25, 0.3) is 12.2 Å². The molecule has 1 aliphatic rings. The summed E-state index contributed by atoms with van der Waals surface area (Å²) in [5.41, 5.74) is 2.60. The van der Waals surface area contributed by atoms with Crippen LogP contribution < -0.4 is 4.74 Å². The van der Waals surface area contributed by atoms with Gasteiger partial charge in [0.15, 0.2) is 5.78 Å². The Morgan fingerprint density at radius 2 is 1.86 bits per heavy atom. The highest BCUT2D eigenvalue weighted by molar-refractivity contribution is 6.09. The molecule has 0 radical (unpaired) electrons. The lowest BCUT2D eigenvalue weighted by atomic mass is 9.93. The summed E-state index contributed by atoms with van der Waals surface area (Å²) in [7, 11) is 0. The maximum Gasteiger partial charge on any atom is 0.189 e. The number of benzene rings is 2. The molecule has 2 aromatic rings. The first-order chi connectivity index (χ1) is 13.8. The highest BCUT2D eigenvalue weighted by Crippen LogP contribution is 2.37. The minimum atomic E-state index is -0.449. The normalized spacial score (nSPS) is 17.6. The summed E-state index contributed by atoms with van der Waals surface area (Å²) < 4.78 is 6.13. The van der Waals surface area contributed by atoms with Gasteiger partial charge in [-0.1, -0.05) is 35.9 Å². The van der Waals surface area contributed by atoms with Crippen molar-refractivity contribution in [1.82, 2.24) is 0 Å². The molecule has 1 aliphatic heterocycles. The maximum absolute atomic E-state index is 12.6. The fourth-order valence-corrected chi connectivity index (χ4v) is 3.18. The van der Waals surface area contributed by atoms with Crippen LogP contribution in [0.1, 0.15) is 55.1 Å². The van der Waals surface area contributed by atoms with Crippen molar-refractivity contribution < 1.29 is 19.7 Å². The van der Waals surface area contributed by atoms with Crippen molar-refractivity contribution in [3.8, 4) is 17.2 Å². The zero-order valence-electron chi connectivity index (χ0n) is 17.0. The summed E-state index contributed by atoms with van der Waals surface area (Å²) in [6.07, 6.45) is 10.9. The maximum atomic E-state index is 12.6. The molecule has 0 saturated carbocycles. The second kappa shape index (κ2) is 8.39. The number of hydrogen-bond acceptors (Lipinski definition) is 4. The Hall–Kier alpha value is -3.27. The molecular weight excluding hydrogens is 364 g/mol. The second-order valence-corrected chi connectivity index (χ2v) is 7.76. The standard InChI is InChI=1S/C25H26O4/c1-17(2)5-4-13-25(3)14-12-19-15-21(23(28)16-24(19)29-25)22(27)11-8-18-6-9-20(26)10-7-18/h5-12,14-16,26,28H,4,13H2,1-3H3/t25-/m1/s1. The van der Waals surface area contributed by atoms with E-state index in [4.69, 9.17) is 4.74 Å². The molecule has 0 aliphatic carbocycles. The molecular formula is C25H26O4. The van der Waals surface area contributed by atoms with Gasteiger partial charge in [-0.2, -0.15) is 0 Å². The fraction of sp³-hybridized carbons (Fsp3) is 0.240. The smallest absolute Gasteiger partial charge is 0.189 e. The molecule has 0 saturated heterocycles. The van der Waals surface area contributed by atoms with E-state index in [1.54, 1.807) is 36.4 Å². The Bertz CT molecular complexity index is 992. The number of ether oxygens (including phenoxy) is 1. The van der Waals surface area contributed by atoms with Gasteiger partial charge in [0.2, 0.25) is 0 Å². The van der Waals surface area contributed by atoms with Gasteiger partial charge in [-0.25, -0.2) is 0 Å². The Kier molecular flexibility index (Phi) is 5.92. The number of ketones is 1. The van der Waals surface area contributed by atoms with E-state index in [2.05, 4.69) is 19.9 Å². The number of rotatable bonds is 6. The first-order valence-corrected chi connectivity index (χ1v) is 9.66. The fourth-order valence-electron chi connectivity index (χ4n) is 3.18. The number of phenolic OH excluding ortho intramolecular Hbond substituents is 2. The van der Waals surface area contributed by atoms with E-state index in [0.29, 0.717) is 5.75 Å². The monoisotopic (exact) mass is 390 g/mol. The van der Waals surface area contributed by atoms with Gasteiger partial charge in [0, 0.05) is 11.6 Å². The minimum absolute atomic E-state index is 0.106. The molecule has 0 spiro atoms. The second-order valence-electron chi connectivity index (χ2n) is 7.76. The van der Waals surface area contributed by atoms with Crippen molar-refractivity contribution in [2.75, 3.05) is 0 Å². The van der Waals surface area contributed by atoms with Crippen LogP contribution in [0.5, 0.6) is 17.2 Å². The van der Waals surface area contributed by atoms with Gasteiger partial charge in [0.1, 0.15) is 22.8 Å². The Morgan fingerprint density at radius 1 is 1.14 bits per heavy atom. The molecule has 3 rings (SSSR count). The van der Waals surface area contributed by atoms with E-state index in [1.165, 1.54) is 17.7 Å². The molecule has 29 heavy (non-hydrogen) atoms. The van der Waals surface area contributed by atoms with Crippen molar-refractivity contribution in [2.45, 2.75) is 39.2 Å². The third-order valence-electron chi connectivity index (χ3n) is 4.87. The minimum Gasteiger partial charge on any atom is -0.508 e. The zero-order chi connectivity index (χ0) is 21.0. The van der Waals surface area contributed by atoms with Crippen LogP contribution in [-0.4, -0.2) is 21.6 Å². The van der Waals surface area contributed by atoms with E-state index in [9.17, 15) is 15.0 Å². The first-order valence-electron chi connectivity index (χ1n) is 9.66. The van der Waals surface area contributed by atoms with Crippen molar-refractivity contribution in [3.63, 3.8) is 0 Å². The number of carbonyl (C=O) groups excluding carboxylic acids is 1. The quantitative estimate of drug-likeness (QED) is 0.366. The summed E-state index contributed by atoms with van der Waals surface area (Å²) in [5.74, 6) is 0.332. The molecule has 0 amide bonds. The van der Waals surface area contributed by atoms with Crippen LogP contribution in [0.15, 0.2) is 60.2 Å². The van der Waals surface area contributed by atoms with Crippen LogP contribution in [0.4, 0.5) is 0 Å². The highest BCUT2D eigenvalue weighted by Gasteiger charge is 2.28. The van der Waals surface area contributed by atoms with Crippen molar-refractivity contribution >= 4 is 17.9 Å². The summed E-state index contributed by atoms with van der Waals surface area (Å²) in [6.45, 7) is 6.16. The Labute approximate surface area is 171 Å². The summed E-state index contributed by atoms with van der Waals surface area (Å²) in [5, 5.41) is 19.7. The lowest BCUT2D eigenvalue weighted by Gasteiger charge is -2.31. The number of phenols is 2. The van der Waals surface area contributed by atoms with Crippen LogP contribution in [0.3, 0.4) is 0 Å². The molecule has 0 unspecified atom stereocenters. The predicted molar refractivity (Wildman–Crippen MR) is 116 cm³/mol. The SMILES string of the molecule is CC(C)=CCC[C@]1(C)C=Cc2cc(C(=O)C=Cc3ccc(O)cc3)c(O)cc2O1. The third kappa shape index (κ3) is 5.17. The first kappa shape index (κ1) is 20.5. The largest absolute Gasteiger partial charge is 0.508 e. The average Bonchev–Trinajstić information content (AvgIpc) is 2.66. The van der Waals surface area contributed by atoms with Crippen molar-refractivity contribution in [2.24, 2.45) is 0 Å². The average molecular weight is 390 g/mol. The van der Waals surface area contributed by atoms with Crippen LogP contribution in [0, 0.1) is 0 Å².